The number of aromatic nitrogens is 1. The van der Waals surface area contributed by atoms with Gasteiger partial charge in [-0.1, -0.05) is 35.6 Å². The van der Waals surface area contributed by atoms with Crippen LogP contribution in [0.3, 0.4) is 0 Å². The number of fused-ring (bicyclic) bond motifs is 1. The molecule has 1 heterocycles. The molecule has 4 aromatic rings. The number of aryl methyl sites for hydroxylation is 1. The van der Waals surface area contributed by atoms with Crippen molar-refractivity contribution in [2.45, 2.75) is 33.4 Å². The van der Waals surface area contributed by atoms with Crippen LogP contribution in [0.4, 0.5) is 11.4 Å². The topological polar surface area (TPSA) is 88.5 Å². The van der Waals surface area contributed by atoms with Crippen molar-refractivity contribution in [3.8, 4) is 0 Å². The number of thiazole rings is 1. The first kappa shape index (κ1) is 24.7. The van der Waals surface area contributed by atoms with E-state index in [1.807, 2.05) is 51.1 Å². The summed E-state index contributed by atoms with van der Waals surface area (Å²) in [4.78, 5) is 25.1. The number of carbonyl (C=O) groups excluding carboxylic acids is 1. The summed E-state index contributed by atoms with van der Waals surface area (Å²) in [6, 6.07) is 19.5. The van der Waals surface area contributed by atoms with E-state index in [0.717, 1.165) is 32.7 Å². The van der Waals surface area contributed by atoms with Gasteiger partial charge in [0.2, 0.25) is 10.0 Å². The number of nitrogens with zero attached hydrogens (tertiary/aromatic N) is 2. The molecule has 0 aliphatic carbocycles. The lowest BCUT2D eigenvalue weighted by molar-refractivity contribution is 0.102. The Balaban J connectivity index is 1.55. The van der Waals surface area contributed by atoms with Crippen LogP contribution in [0.2, 0.25) is 0 Å². The third-order valence-corrected chi connectivity index (χ3v) is 7.84. The first-order chi connectivity index (χ1) is 16.5. The smallest absolute Gasteiger partial charge is 0.308 e. The lowest BCUT2D eigenvalue weighted by atomic mass is 10.1. The Morgan fingerprint density at radius 1 is 1.06 bits per heavy atom. The van der Waals surface area contributed by atoms with E-state index in [2.05, 4.69) is 5.32 Å². The van der Waals surface area contributed by atoms with E-state index in [1.54, 1.807) is 41.0 Å². The Labute approximate surface area is 208 Å². The SMILES string of the molecule is Cc1ccccc1CN(c1ccc(C(=O)Nc2ccc3c(c2)sc(=O)n3C(C)C)cc1)S(C)(=O)=O. The van der Waals surface area contributed by atoms with Crippen LogP contribution >= 0.6 is 11.3 Å². The van der Waals surface area contributed by atoms with E-state index < -0.39 is 10.0 Å². The molecule has 4 rings (SSSR count). The molecule has 3 aromatic carbocycles. The molecule has 9 heteroatoms. The minimum atomic E-state index is -3.54. The largest absolute Gasteiger partial charge is 0.322 e. The fourth-order valence-electron chi connectivity index (χ4n) is 3.93. The molecule has 0 aliphatic rings. The van der Waals surface area contributed by atoms with Gasteiger partial charge in [-0.15, -0.1) is 0 Å². The van der Waals surface area contributed by atoms with E-state index in [1.165, 1.54) is 10.6 Å². The van der Waals surface area contributed by atoms with Gasteiger partial charge < -0.3 is 5.32 Å². The zero-order chi connectivity index (χ0) is 25.3. The summed E-state index contributed by atoms with van der Waals surface area (Å²) in [5.41, 5.74) is 4.21. The highest BCUT2D eigenvalue weighted by atomic mass is 32.2. The molecule has 182 valence electrons. The van der Waals surface area contributed by atoms with E-state index >= 15 is 0 Å². The summed E-state index contributed by atoms with van der Waals surface area (Å²) in [6.45, 7) is 6.06. The van der Waals surface area contributed by atoms with Crippen LogP contribution in [-0.2, 0) is 16.6 Å². The molecule has 0 radical (unpaired) electrons. The van der Waals surface area contributed by atoms with Crippen molar-refractivity contribution in [2.75, 3.05) is 15.9 Å². The first-order valence-corrected chi connectivity index (χ1v) is 13.8. The second kappa shape index (κ2) is 9.67. The van der Waals surface area contributed by atoms with E-state index in [4.69, 9.17) is 0 Å². The Bertz CT molecular complexity index is 1550. The molecule has 35 heavy (non-hydrogen) atoms. The van der Waals surface area contributed by atoms with Gasteiger partial charge in [-0.2, -0.15) is 0 Å². The van der Waals surface area contributed by atoms with Gasteiger partial charge in [-0.3, -0.25) is 18.5 Å². The predicted octanol–water partition coefficient (Wildman–Crippen LogP) is 5.17. The molecule has 0 spiro atoms. The highest BCUT2D eigenvalue weighted by Crippen LogP contribution is 2.26. The van der Waals surface area contributed by atoms with Gasteiger partial charge in [0, 0.05) is 17.3 Å². The molecule has 0 atom stereocenters. The number of sulfonamides is 1. The molecule has 0 saturated heterocycles. The number of amides is 1. The van der Waals surface area contributed by atoms with Crippen molar-refractivity contribution in [1.82, 2.24) is 4.57 Å². The fraction of sp³-hybridized carbons (Fsp3) is 0.231. The van der Waals surface area contributed by atoms with Gasteiger partial charge in [0.25, 0.3) is 5.91 Å². The molecule has 0 saturated carbocycles. The molecule has 0 fully saturated rings. The Hall–Kier alpha value is -3.43. The van der Waals surface area contributed by atoms with Gasteiger partial charge >= 0.3 is 4.87 Å². The molecule has 7 nitrogen and oxygen atoms in total. The zero-order valence-electron chi connectivity index (χ0n) is 20.0. The highest BCUT2D eigenvalue weighted by Gasteiger charge is 2.19. The number of hydrogen-bond acceptors (Lipinski definition) is 5. The normalized spacial score (nSPS) is 11.7. The minimum absolute atomic E-state index is 0.0322. The van der Waals surface area contributed by atoms with Crippen molar-refractivity contribution in [2.24, 2.45) is 0 Å². The van der Waals surface area contributed by atoms with Crippen molar-refractivity contribution in [1.29, 1.82) is 0 Å². The van der Waals surface area contributed by atoms with Crippen LogP contribution in [0.5, 0.6) is 0 Å². The number of benzene rings is 3. The summed E-state index contributed by atoms with van der Waals surface area (Å²) < 4.78 is 28.9. The van der Waals surface area contributed by atoms with Gasteiger partial charge in [-0.05, 0) is 74.4 Å². The summed E-state index contributed by atoms with van der Waals surface area (Å²) >= 11 is 1.15. The molecule has 0 aliphatic heterocycles. The van der Waals surface area contributed by atoms with Crippen LogP contribution in [0.15, 0.2) is 71.5 Å². The lowest BCUT2D eigenvalue weighted by Crippen LogP contribution is -2.29. The molecule has 1 N–H and O–H groups in total. The lowest BCUT2D eigenvalue weighted by Gasteiger charge is -2.23. The molecular weight excluding hydrogens is 482 g/mol. The van der Waals surface area contributed by atoms with Crippen molar-refractivity contribution in [3.63, 3.8) is 0 Å². The number of rotatable bonds is 7. The average Bonchev–Trinajstić information content (AvgIpc) is 3.13. The van der Waals surface area contributed by atoms with Crippen molar-refractivity contribution in [3.05, 3.63) is 93.1 Å². The number of nitrogens with one attached hydrogen (secondary N) is 1. The second-order valence-electron chi connectivity index (χ2n) is 8.71. The maximum atomic E-state index is 12.8. The van der Waals surface area contributed by atoms with Crippen LogP contribution in [-0.4, -0.2) is 25.1 Å². The summed E-state index contributed by atoms with van der Waals surface area (Å²) in [5, 5.41) is 2.86. The predicted molar refractivity (Wildman–Crippen MR) is 143 cm³/mol. The number of hydrogen-bond donors (Lipinski definition) is 1. The van der Waals surface area contributed by atoms with E-state index in [-0.39, 0.29) is 23.4 Å². The second-order valence-corrected chi connectivity index (χ2v) is 11.6. The van der Waals surface area contributed by atoms with Crippen LogP contribution in [0.25, 0.3) is 10.2 Å². The molecule has 0 bridgehead atoms. The summed E-state index contributed by atoms with van der Waals surface area (Å²) in [6.07, 6.45) is 1.17. The van der Waals surface area contributed by atoms with Crippen LogP contribution < -0.4 is 14.5 Å². The van der Waals surface area contributed by atoms with Gasteiger partial charge in [0.1, 0.15) is 0 Å². The molecule has 1 amide bonds. The fourth-order valence-corrected chi connectivity index (χ4v) is 5.86. The Morgan fingerprint density at radius 3 is 2.37 bits per heavy atom. The van der Waals surface area contributed by atoms with Crippen LogP contribution in [0, 0.1) is 6.92 Å². The van der Waals surface area contributed by atoms with Crippen molar-refractivity contribution >= 4 is 48.9 Å². The summed E-state index contributed by atoms with van der Waals surface area (Å²) in [5.74, 6) is -0.323. The quantitative estimate of drug-likeness (QED) is 0.372. The third-order valence-electron chi connectivity index (χ3n) is 5.78. The summed E-state index contributed by atoms with van der Waals surface area (Å²) in [7, 11) is -3.54. The van der Waals surface area contributed by atoms with E-state index in [9.17, 15) is 18.0 Å². The Kier molecular flexibility index (Phi) is 6.82. The number of anilines is 2. The van der Waals surface area contributed by atoms with Gasteiger partial charge in [0.15, 0.2) is 0 Å². The Morgan fingerprint density at radius 2 is 1.74 bits per heavy atom. The third kappa shape index (κ3) is 5.31. The minimum Gasteiger partial charge on any atom is -0.322 e. The highest BCUT2D eigenvalue weighted by molar-refractivity contribution is 7.92. The van der Waals surface area contributed by atoms with Gasteiger partial charge in [0.05, 0.1) is 28.7 Å². The monoisotopic (exact) mass is 509 g/mol. The van der Waals surface area contributed by atoms with E-state index in [0.29, 0.717) is 16.9 Å². The maximum absolute atomic E-state index is 12.8. The van der Waals surface area contributed by atoms with Gasteiger partial charge in [-0.25, -0.2) is 8.42 Å². The van der Waals surface area contributed by atoms with Crippen molar-refractivity contribution < 1.29 is 13.2 Å². The standard InChI is InChI=1S/C26H27N3O4S2/c1-17(2)29-23-14-11-21(15-24(23)34-26(29)31)27-25(30)19-9-12-22(13-10-19)28(35(4,32)33)16-20-8-6-5-7-18(20)3/h5-15,17H,16H2,1-4H3,(H,27,30). The van der Waals surface area contributed by atoms with Crippen LogP contribution in [0.1, 0.15) is 41.4 Å². The first-order valence-electron chi connectivity index (χ1n) is 11.1. The molecule has 0 unspecified atom stereocenters. The number of carbonyl (C=O) groups is 1. The molecule has 1 aromatic heterocycles. The zero-order valence-corrected chi connectivity index (χ0v) is 21.6. The maximum Gasteiger partial charge on any atom is 0.308 e. The average molecular weight is 510 g/mol. The molecular formula is C26H27N3O4S2.